The van der Waals surface area contributed by atoms with Gasteiger partial charge in [-0.15, -0.1) is 6.58 Å². The van der Waals surface area contributed by atoms with E-state index in [1.165, 1.54) is 12.8 Å². The molecule has 2 unspecified atom stereocenters. The first-order valence-corrected chi connectivity index (χ1v) is 6.05. The van der Waals surface area contributed by atoms with Gasteiger partial charge in [-0.2, -0.15) is 0 Å². The molecule has 88 valence electrons. The molecule has 0 bridgehead atoms. The highest BCUT2D eigenvalue weighted by atomic mass is 16.5. The van der Waals surface area contributed by atoms with Gasteiger partial charge in [-0.25, -0.2) is 0 Å². The molecule has 0 aromatic rings. The van der Waals surface area contributed by atoms with E-state index in [4.69, 9.17) is 4.74 Å². The lowest BCUT2D eigenvalue weighted by Crippen LogP contribution is -2.50. The minimum absolute atomic E-state index is 0.269. The predicted molar refractivity (Wildman–Crippen MR) is 65.9 cm³/mol. The zero-order chi connectivity index (χ0) is 11.7. The Hall–Kier alpha value is -0.300. The third-order valence-electron chi connectivity index (χ3n) is 4.26. The molecule has 1 aliphatic rings. The predicted octanol–water partition coefficient (Wildman–Crippen LogP) is 4.04. The van der Waals surface area contributed by atoms with Crippen LogP contribution >= 0.6 is 0 Å². The molecule has 1 saturated carbocycles. The summed E-state index contributed by atoms with van der Waals surface area (Å²) in [5.74, 6) is 0.736. The molecule has 0 heterocycles. The summed E-state index contributed by atoms with van der Waals surface area (Å²) in [6.07, 6.45) is 4.77. The average Bonchev–Trinajstić information content (AvgIpc) is 2.12. The number of hydrogen-bond donors (Lipinski definition) is 0. The van der Waals surface area contributed by atoms with Crippen molar-refractivity contribution in [3.63, 3.8) is 0 Å². The van der Waals surface area contributed by atoms with Gasteiger partial charge in [-0.05, 0) is 29.6 Å². The Morgan fingerprint density at radius 3 is 2.47 bits per heavy atom. The molecular weight excluding hydrogens is 184 g/mol. The fraction of sp³-hybridized carbons (Fsp3) is 0.857. The van der Waals surface area contributed by atoms with Gasteiger partial charge in [0.2, 0.25) is 0 Å². The Balaban J connectivity index is 2.85. The SMILES string of the molecule is C=CCOC1C(C)(C)CCC(C)C1(C)C. The van der Waals surface area contributed by atoms with Crippen LogP contribution in [-0.4, -0.2) is 12.7 Å². The van der Waals surface area contributed by atoms with Crippen molar-refractivity contribution in [2.75, 3.05) is 6.61 Å². The summed E-state index contributed by atoms with van der Waals surface area (Å²) in [6, 6.07) is 0. The van der Waals surface area contributed by atoms with Gasteiger partial charge < -0.3 is 4.74 Å². The zero-order valence-corrected chi connectivity index (χ0v) is 11.0. The van der Waals surface area contributed by atoms with E-state index in [1.807, 2.05) is 6.08 Å². The van der Waals surface area contributed by atoms with Crippen LogP contribution in [-0.2, 0) is 4.74 Å². The monoisotopic (exact) mass is 210 g/mol. The van der Waals surface area contributed by atoms with Crippen LogP contribution in [0.2, 0.25) is 0 Å². The third kappa shape index (κ3) is 2.44. The summed E-state index contributed by atoms with van der Waals surface area (Å²) >= 11 is 0. The van der Waals surface area contributed by atoms with Gasteiger partial charge in [0.1, 0.15) is 0 Å². The van der Waals surface area contributed by atoms with Crippen molar-refractivity contribution in [2.45, 2.75) is 53.6 Å². The molecule has 1 aliphatic carbocycles. The maximum atomic E-state index is 6.02. The smallest absolute Gasteiger partial charge is 0.0683 e. The summed E-state index contributed by atoms with van der Waals surface area (Å²) in [7, 11) is 0. The second-order valence-corrected chi connectivity index (χ2v) is 6.25. The molecule has 0 spiro atoms. The quantitative estimate of drug-likeness (QED) is 0.639. The highest BCUT2D eigenvalue weighted by molar-refractivity contribution is 4.98. The average molecular weight is 210 g/mol. The first kappa shape index (κ1) is 12.8. The molecule has 15 heavy (non-hydrogen) atoms. The van der Waals surface area contributed by atoms with E-state index in [1.54, 1.807) is 0 Å². The van der Waals surface area contributed by atoms with Gasteiger partial charge in [-0.3, -0.25) is 0 Å². The molecule has 0 radical (unpaired) electrons. The van der Waals surface area contributed by atoms with Crippen molar-refractivity contribution in [1.29, 1.82) is 0 Å². The zero-order valence-electron chi connectivity index (χ0n) is 11.0. The highest BCUT2D eigenvalue weighted by Crippen LogP contribution is 2.50. The molecule has 0 saturated heterocycles. The lowest BCUT2D eigenvalue weighted by molar-refractivity contribution is -0.134. The van der Waals surface area contributed by atoms with Crippen LogP contribution in [0.5, 0.6) is 0 Å². The highest BCUT2D eigenvalue weighted by Gasteiger charge is 2.48. The Labute approximate surface area is 94.9 Å². The summed E-state index contributed by atoms with van der Waals surface area (Å²) in [6.45, 7) is 16.1. The van der Waals surface area contributed by atoms with E-state index in [9.17, 15) is 0 Å². The molecule has 0 N–H and O–H groups in total. The summed E-state index contributed by atoms with van der Waals surface area (Å²) in [5, 5.41) is 0. The Morgan fingerprint density at radius 1 is 1.33 bits per heavy atom. The fourth-order valence-corrected chi connectivity index (χ4v) is 2.96. The summed E-state index contributed by atoms with van der Waals surface area (Å²) in [5.41, 5.74) is 0.559. The van der Waals surface area contributed by atoms with Crippen molar-refractivity contribution in [1.82, 2.24) is 0 Å². The standard InChI is InChI=1S/C14H26O/c1-7-10-15-12-13(3,4)9-8-11(2)14(12,5)6/h7,11-12H,1,8-10H2,2-6H3. The van der Waals surface area contributed by atoms with Gasteiger partial charge in [0.05, 0.1) is 12.7 Å². The van der Waals surface area contributed by atoms with Crippen LogP contribution in [0.1, 0.15) is 47.5 Å². The van der Waals surface area contributed by atoms with Crippen molar-refractivity contribution in [2.24, 2.45) is 16.7 Å². The molecule has 1 rings (SSSR count). The van der Waals surface area contributed by atoms with Crippen LogP contribution < -0.4 is 0 Å². The molecule has 0 aliphatic heterocycles. The summed E-state index contributed by atoms with van der Waals surface area (Å²) < 4.78 is 6.02. The minimum atomic E-state index is 0.269. The third-order valence-corrected chi connectivity index (χ3v) is 4.26. The van der Waals surface area contributed by atoms with Crippen molar-refractivity contribution in [3.05, 3.63) is 12.7 Å². The van der Waals surface area contributed by atoms with Gasteiger partial charge in [0.25, 0.3) is 0 Å². The fourth-order valence-electron chi connectivity index (χ4n) is 2.96. The van der Waals surface area contributed by atoms with E-state index >= 15 is 0 Å². The van der Waals surface area contributed by atoms with E-state index < -0.39 is 0 Å². The maximum absolute atomic E-state index is 6.02. The Bertz CT molecular complexity index is 227. The second-order valence-electron chi connectivity index (χ2n) is 6.25. The van der Waals surface area contributed by atoms with Crippen LogP contribution in [0.3, 0.4) is 0 Å². The van der Waals surface area contributed by atoms with Gasteiger partial charge >= 0.3 is 0 Å². The minimum Gasteiger partial charge on any atom is -0.373 e. The van der Waals surface area contributed by atoms with Crippen LogP contribution in [0.15, 0.2) is 12.7 Å². The van der Waals surface area contributed by atoms with Crippen LogP contribution in [0, 0.1) is 16.7 Å². The van der Waals surface area contributed by atoms with Crippen molar-refractivity contribution < 1.29 is 4.74 Å². The van der Waals surface area contributed by atoms with E-state index in [0.29, 0.717) is 18.1 Å². The molecule has 1 heteroatoms. The molecule has 1 nitrogen and oxygen atoms in total. The van der Waals surface area contributed by atoms with Crippen LogP contribution in [0.4, 0.5) is 0 Å². The first-order chi connectivity index (χ1) is 6.82. The molecular formula is C14H26O. The second kappa shape index (κ2) is 4.29. The van der Waals surface area contributed by atoms with E-state index in [-0.39, 0.29) is 5.41 Å². The largest absolute Gasteiger partial charge is 0.373 e. The van der Waals surface area contributed by atoms with Gasteiger partial charge in [0, 0.05) is 0 Å². The van der Waals surface area contributed by atoms with Crippen molar-refractivity contribution >= 4 is 0 Å². The molecule has 2 atom stereocenters. The molecule has 0 amide bonds. The van der Waals surface area contributed by atoms with Gasteiger partial charge in [0.15, 0.2) is 0 Å². The lowest BCUT2D eigenvalue weighted by atomic mass is 9.58. The topological polar surface area (TPSA) is 9.23 Å². The summed E-state index contributed by atoms with van der Waals surface area (Å²) in [4.78, 5) is 0. The molecule has 0 aromatic carbocycles. The number of hydrogen-bond acceptors (Lipinski definition) is 1. The Kier molecular flexibility index (Phi) is 3.65. The maximum Gasteiger partial charge on any atom is 0.0683 e. The van der Waals surface area contributed by atoms with Gasteiger partial charge in [-0.1, -0.05) is 40.7 Å². The molecule has 0 aromatic heterocycles. The Morgan fingerprint density at radius 2 is 1.93 bits per heavy atom. The molecule has 1 fully saturated rings. The normalized spacial score (nSPS) is 33.7. The van der Waals surface area contributed by atoms with Crippen molar-refractivity contribution in [3.8, 4) is 0 Å². The number of ether oxygens (including phenoxy) is 1. The number of rotatable bonds is 3. The van der Waals surface area contributed by atoms with E-state index in [2.05, 4.69) is 41.2 Å². The lowest BCUT2D eigenvalue weighted by Gasteiger charge is -2.52. The first-order valence-electron chi connectivity index (χ1n) is 6.05. The van der Waals surface area contributed by atoms with Crippen LogP contribution in [0.25, 0.3) is 0 Å². The van der Waals surface area contributed by atoms with E-state index in [0.717, 1.165) is 5.92 Å².